The molecule has 1 saturated carbocycles. The van der Waals surface area contributed by atoms with Crippen LogP contribution in [0.25, 0.3) is 10.9 Å². The minimum Gasteiger partial charge on any atom is -0.359 e. The molecule has 2 aromatic carbocycles. The first-order valence-corrected chi connectivity index (χ1v) is 8.59. The number of rotatable bonds is 4. The van der Waals surface area contributed by atoms with Gasteiger partial charge in [0.2, 0.25) is 0 Å². The fourth-order valence-corrected chi connectivity index (χ4v) is 3.24. The zero-order valence-electron chi connectivity index (χ0n) is 14.3. The Hall–Kier alpha value is -3.22. The van der Waals surface area contributed by atoms with Gasteiger partial charge in [0, 0.05) is 29.6 Å². The van der Waals surface area contributed by atoms with Gasteiger partial charge in [-0.25, -0.2) is 8.78 Å². The number of aromatic amines is 1. The van der Waals surface area contributed by atoms with Crippen molar-refractivity contribution < 1.29 is 18.4 Å². The van der Waals surface area contributed by atoms with Crippen LogP contribution in [0.15, 0.2) is 48.7 Å². The van der Waals surface area contributed by atoms with Crippen LogP contribution in [-0.2, 0) is 15.0 Å². The molecule has 1 heterocycles. The lowest BCUT2D eigenvalue weighted by molar-refractivity contribution is -0.136. The Labute approximate surface area is 153 Å². The molecular weight excluding hydrogens is 352 g/mol. The maximum atomic E-state index is 13.4. The van der Waals surface area contributed by atoms with E-state index >= 15 is 0 Å². The molecular formula is C20H17F2N3O2. The first-order valence-electron chi connectivity index (χ1n) is 8.59. The van der Waals surface area contributed by atoms with Gasteiger partial charge in [-0.15, -0.1) is 0 Å². The highest BCUT2D eigenvalue weighted by atomic mass is 19.2. The zero-order chi connectivity index (χ0) is 19.0. The lowest BCUT2D eigenvalue weighted by Crippen LogP contribution is -2.39. The molecule has 0 spiro atoms. The van der Waals surface area contributed by atoms with Gasteiger partial charge in [-0.05, 0) is 24.5 Å². The standard InChI is InChI=1S/C20H17F2N3O2/c21-14-8-13-16(9-15(14)22)23-10-17(13)25-19(27)18(26)24-11-20(6-7-20)12-4-2-1-3-5-12/h1-5,8-10,23H,6-7,11H2,(H,24,26)(H,25,27). The van der Waals surface area contributed by atoms with E-state index in [2.05, 4.69) is 15.6 Å². The van der Waals surface area contributed by atoms with Crippen LogP contribution in [0.4, 0.5) is 14.5 Å². The molecule has 0 bridgehead atoms. The summed E-state index contributed by atoms with van der Waals surface area (Å²) in [5.74, 6) is -3.64. The fourth-order valence-electron chi connectivity index (χ4n) is 3.24. The Morgan fingerprint density at radius 3 is 2.44 bits per heavy atom. The largest absolute Gasteiger partial charge is 0.359 e. The maximum Gasteiger partial charge on any atom is 0.313 e. The maximum absolute atomic E-state index is 13.4. The normalized spacial score (nSPS) is 14.7. The summed E-state index contributed by atoms with van der Waals surface area (Å²) in [5, 5.41) is 5.40. The van der Waals surface area contributed by atoms with Gasteiger partial charge in [0.25, 0.3) is 0 Å². The third-order valence-electron chi connectivity index (χ3n) is 5.00. The molecule has 0 aliphatic heterocycles. The molecule has 0 unspecified atom stereocenters. The molecule has 3 aromatic rings. The van der Waals surface area contributed by atoms with Crippen LogP contribution in [0.1, 0.15) is 18.4 Å². The van der Waals surface area contributed by atoms with E-state index in [0.29, 0.717) is 12.1 Å². The van der Waals surface area contributed by atoms with E-state index in [-0.39, 0.29) is 16.5 Å². The van der Waals surface area contributed by atoms with Crippen LogP contribution >= 0.6 is 0 Å². The van der Waals surface area contributed by atoms with Crippen LogP contribution in [0, 0.1) is 11.6 Å². The van der Waals surface area contributed by atoms with Gasteiger partial charge in [-0.1, -0.05) is 30.3 Å². The van der Waals surface area contributed by atoms with Crippen molar-refractivity contribution in [1.82, 2.24) is 10.3 Å². The molecule has 5 nitrogen and oxygen atoms in total. The highest BCUT2D eigenvalue weighted by Gasteiger charge is 2.44. The quantitative estimate of drug-likeness (QED) is 0.618. The highest BCUT2D eigenvalue weighted by molar-refractivity contribution is 6.40. The molecule has 4 rings (SSSR count). The van der Waals surface area contributed by atoms with E-state index in [4.69, 9.17) is 0 Å². The van der Waals surface area contributed by atoms with E-state index < -0.39 is 23.4 Å². The Morgan fingerprint density at radius 2 is 1.74 bits per heavy atom. The first-order chi connectivity index (χ1) is 13.0. The number of nitrogens with one attached hydrogen (secondary N) is 3. The van der Waals surface area contributed by atoms with E-state index in [1.807, 2.05) is 30.3 Å². The predicted octanol–water partition coefficient (Wildman–Crippen LogP) is 3.23. The molecule has 3 N–H and O–H groups in total. The summed E-state index contributed by atoms with van der Waals surface area (Å²) in [6, 6.07) is 11.8. The molecule has 27 heavy (non-hydrogen) atoms. The second-order valence-electron chi connectivity index (χ2n) is 6.80. The summed E-state index contributed by atoms with van der Waals surface area (Å²) in [5.41, 5.74) is 1.57. The molecule has 1 fully saturated rings. The van der Waals surface area contributed by atoms with Crippen molar-refractivity contribution >= 4 is 28.4 Å². The topological polar surface area (TPSA) is 74.0 Å². The summed E-state index contributed by atoms with van der Waals surface area (Å²) in [6.45, 7) is 0.372. The summed E-state index contributed by atoms with van der Waals surface area (Å²) in [7, 11) is 0. The monoisotopic (exact) mass is 369 g/mol. The lowest BCUT2D eigenvalue weighted by atomic mass is 9.96. The number of fused-ring (bicyclic) bond motifs is 1. The number of anilines is 1. The summed E-state index contributed by atoms with van der Waals surface area (Å²) >= 11 is 0. The summed E-state index contributed by atoms with van der Waals surface area (Å²) in [6.07, 6.45) is 3.29. The summed E-state index contributed by atoms with van der Waals surface area (Å²) in [4.78, 5) is 27.1. The first kappa shape index (κ1) is 17.2. The van der Waals surface area contributed by atoms with E-state index in [0.717, 1.165) is 30.5 Å². The van der Waals surface area contributed by atoms with Gasteiger partial charge in [-0.2, -0.15) is 0 Å². The van der Waals surface area contributed by atoms with Gasteiger partial charge in [0.15, 0.2) is 11.6 Å². The van der Waals surface area contributed by atoms with Gasteiger partial charge in [0.05, 0.1) is 11.2 Å². The molecule has 1 aliphatic carbocycles. The van der Waals surface area contributed by atoms with E-state index in [9.17, 15) is 18.4 Å². The molecule has 0 saturated heterocycles. The number of benzene rings is 2. The van der Waals surface area contributed by atoms with Crippen molar-refractivity contribution in [2.24, 2.45) is 0 Å². The van der Waals surface area contributed by atoms with Gasteiger partial charge in [-0.3, -0.25) is 9.59 Å². The number of hydrogen-bond donors (Lipinski definition) is 3. The second kappa shape index (κ2) is 6.50. The molecule has 138 valence electrons. The Kier molecular flexibility index (Phi) is 4.14. The molecule has 2 amide bonds. The number of hydrogen-bond acceptors (Lipinski definition) is 2. The predicted molar refractivity (Wildman–Crippen MR) is 97.2 cm³/mol. The SMILES string of the molecule is O=C(NCC1(c2ccccc2)CC1)C(=O)Nc1c[nH]c2cc(F)c(F)cc12. The Bertz CT molecular complexity index is 1030. The van der Waals surface area contributed by atoms with Crippen molar-refractivity contribution in [2.45, 2.75) is 18.3 Å². The zero-order valence-corrected chi connectivity index (χ0v) is 14.3. The van der Waals surface area contributed by atoms with Crippen LogP contribution in [-0.4, -0.2) is 23.3 Å². The number of H-pyrrole nitrogens is 1. The molecule has 1 aromatic heterocycles. The van der Waals surface area contributed by atoms with Crippen molar-refractivity contribution in [2.75, 3.05) is 11.9 Å². The number of amides is 2. The van der Waals surface area contributed by atoms with Gasteiger partial charge < -0.3 is 15.6 Å². The summed E-state index contributed by atoms with van der Waals surface area (Å²) < 4.78 is 26.7. The fraction of sp³-hybridized carbons (Fsp3) is 0.200. The minimum absolute atomic E-state index is 0.112. The average molecular weight is 369 g/mol. The third kappa shape index (κ3) is 3.28. The van der Waals surface area contributed by atoms with Crippen molar-refractivity contribution in [1.29, 1.82) is 0 Å². The third-order valence-corrected chi connectivity index (χ3v) is 5.00. The van der Waals surface area contributed by atoms with Crippen LogP contribution in [0.5, 0.6) is 0 Å². The lowest BCUT2D eigenvalue weighted by Gasteiger charge is -2.16. The Morgan fingerprint density at radius 1 is 1.04 bits per heavy atom. The molecule has 1 aliphatic rings. The molecule has 7 heteroatoms. The Balaban J connectivity index is 1.42. The molecule has 0 radical (unpaired) electrons. The highest BCUT2D eigenvalue weighted by Crippen LogP contribution is 2.47. The van der Waals surface area contributed by atoms with E-state index in [1.165, 1.54) is 6.20 Å². The second-order valence-corrected chi connectivity index (χ2v) is 6.80. The number of carbonyl (C=O) groups is 2. The van der Waals surface area contributed by atoms with Crippen molar-refractivity contribution in [3.05, 3.63) is 65.9 Å². The van der Waals surface area contributed by atoms with Crippen LogP contribution < -0.4 is 10.6 Å². The number of halogens is 2. The van der Waals surface area contributed by atoms with Gasteiger partial charge in [0.1, 0.15) is 0 Å². The van der Waals surface area contributed by atoms with Crippen LogP contribution in [0.3, 0.4) is 0 Å². The van der Waals surface area contributed by atoms with Crippen molar-refractivity contribution in [3.8, 4) is 0 Å². The molecule has 0 atom stereocenters. The van der Waals surface area contributed by atoms with Crippen molar-refractivity contribution in [3.63, 3.8) is 0 Å². The van der Waals surface area contributed by atoms with Gasteiger partial charge >= 0.3 is 11.8 Å². The minimum atomic E-state index is -1.03. The smallest absolute Gasteiger partial charge is 0.313 e. The van der Waals surface area contributed by atoms with E-state index in [1.54, 1.807) is 0 Å². The van der Waals surface area contributed by atoms with Crippen LogP contribution in [0.2, 0.25) is 0 Å². The number of aromatic nitrogens is 1. The average Bonchev–Trinajstić information content (AvgIpc) is 3.39. The number of carbonyl (C=O) groups excluding carboxylic acids is 2.